The summed E-state index contributed by atoms with van der Waals surface area (Å²) in [7, 11) is 0. The summed E-state index contributed by atoms with van der Waals surface area (Å²) in [4.78, 5) is 13.8. The predicted octanol–water partition coefficient (Wildman–Crippen LogP) is 7.46. The maximum atomic E-state index is 12.6. The standard InChI is InChI=1S/C27H22ClNO2S/c28-26-9-5-4-6-22(26)18-31-24-16-12-21(13-17-24)27(30)29-23-14-10-20(11-15-23)19-32-25-7-2-1-3-8-25/h1-17H,18-19H2,(H,29,30). The number of hydrogen-bond donors (Lipinski definition) is 1. The van der Waals surface area contributed by atoms with E-state index in [0.29, 0.717) is 22.9 Å². The van der Waals surface area contributed by atoms with Crippen LogP contribution in [-0.2, 0) is 12.4 Å². The molecule has 0 spiro atoms. The zero-order valence-electron chi connectivity index (χ0n) is 17.3. The molecule has 4 aromatic rings. The molecule has 0 aromatic heterocycles. The van der Waals surface area contributed by atoms with Crippen LogP contribution in [0.5, 0.6) is 5.75 Å². The molecule has 0 heterocycles. The molecule has 5 heteroatoms. The lowest BCUT2D eigenvalue weighted by Gasteiger charge is -2.09. The van der Waals surface area contributed by atoms with Crippen LogP contribution < -0.4 is 10.1 Å². The van der Waals surface area contributed by atoms with Gasteiger partial charge in [0, 0.05) is 32.5 Å². The van der Waals surface area contributed by atoms with E-state index < -0.39 is 0 Å². The Kier molecular flexibility index (Phi) is 7.49. The van der Waals surface area contributed by atoms with Crippen molar-refractivity contribution in [3.8, 4) is 5.75 Å². The minimum Gasteiger partial charge on any atom is -0.489 e. The number of nitrogens with one attached hydrogen (secondary N) is 1. The first-order chi connectivity index (χ1) is 15.7. The van der Waals surface area contributed by atoms with E-state index in [4.69, 9.17) is 16.3 Å². The summed E-state index contributed by atoms with van der Waals surface area (Å²) in [6.07, 6.45) is 0. The molecule has 1 amide bonds. The summed E-state index contributed by atoms with van der Waals surface area (Å²) in [5, 5.41) is 3.61. The van der Waals surface area contributed by atoms with Gasteiger partial charge in [0.2, 0.25) is 0 Å². The van der Waals surface area contributed by atoms with Crippen LogP contribution in [0, 0.1) is 0 Å². The molecule has 0 bridgehead atoms. The lowest BCUT2D eigenvalue weighted by Crippen LogP contribution is -2.11. The third kappa shape index (κ3) is 6.16. The van der Waals surface area contributed by atoms with E-state index in [1.165, 1.54) is 10.5 Å². The van der Waals surface area contributed by atoms with Crippen LogP contribution in [0.2, 0.25) is 5.02 Å². The van der Waals surface area contributed by atoms with Gasteiger partial charge in [-0.25, -0.2) is 0 Å². The Balaban J connectivity index is 1.29. The van der Waals surface area contributed by atoms with Gasteiger partial charge < -0.3 is 10.1 Å². The Morgan fingerprint density at radius 2 is 1.50 bits per heavy atom. The largest absolute Gasteiger partial charge is 0.489 e. The molecule has 0 radical (unpaired) electrons. The van der Waals surface area contributed by atoms with Gasteiger partial charge in [-0.1, -0.05) is 60.1 Å². The second kappa shape index (κ2) is 10.9. The maximum Gasteiger partial charge on any atom is 0.255 e. The molecule has 0 unspecified atom stereocenters. The topological polar surface area (TPSA) is 38.3 Å². The predicted molar refractivity (Wildman–Crippen MR) is 133 cm³/mol. The minimum atomic E-state index is -0.158. The number of anilines is 1. The van der Waals surface area contributed by atoms with E-state index in [-0.39, 0.29) is 5.91 Å². The van der Waals surface area contributed by atoms with Gasteiger partial charge in [0.05, 0.1) is 0 Å². The quantitative estimate of drug-likeness (QED) is 0.278. The minimum absolute atomic E-state index is 0.158. The highest BCUT2D eigenvalue weighted by Crippen LogP contribution is 2.23. The second-order valence-corrected chi connectivity index (χ2v) is 8.61. The number of halogens is 1. The molecule has 0 saturated heterocycles. The summed E-state index contributed by atoms with van der Waals surface area (Å²) in [6.45, 7) is 0.375. The Morgan fingerprint density at radius 3 is 2.22 bits per heavy atom. The van der Waals surface area contributed by atoms with Gasteiger partial charge in [-0.15, -0.1) is 11.8 Å². The van der Waals surface area contributed by atoms with Gasteiger partial charge in [0.25, 0.3) is 5.91 Å². The van der Waals surface area contributed by atoms with Crippen LogP contribution in [0.25, 0.3) is 0 Å². The summed E-state index contributed by atoms with van der Waals surface area (Å²) in [6, 6.07) is 32.9. The molecule has 32 heavy (non-hydrogen) atoms. The van der Waals surface area contributed by atoms with E-state index in [2.05, 4.69) is 17.4 Å². The summed E-state index contributed by atoms with van der Waals surface area (Å²) in [5.74, 6) is 1.41. The molecule has 160 valence electrons. The molecule has 0 saturated carbocycles. The van der Waals surface area contributed by atoms with Crippen molar-refractivity contribution in [2.24, 2.45) is 0 Å². The first-order valence-corrected chi connectivity index (χ1v) is 11.6. The highest BCUT2D eigenvalue weighted by atomic mass is 35.5. The normalized spacial score (nSPS) is 10.5. The van der Waals surface area contributed by atoms with Gasteiger partial charge in [0.15, 0.2) is 0 Å². The average molecular weight is 460 g/mol. The van der Waals surface area contributed by atoms with Crippen LogP contribution >= 0.6 is 23.4 Å². The average Bonchev–Trinajstić information content (AvgIpc) is 2.84. The Hall–Kier alpha value is -3.21. The highest BCUT2D eigenvalue weighted by molar-refractivity contribution is 7.98. The van der Waals surface area contributed by atoms with Gasteiger partial charge in [-0.05, 0) is 60.2 Å². The summed E-state index contributed by atoms with van der Waals surface area (Å²) >= 11 is 7.94. The van der Waals surface area contributed by atoms with Crippen LogP contribution in [0.15, 0.2) is 108 Å². The van der Waals surface area contributed by atoms with Gasteiger partial charge in [-0.2, -0.15) is 0 Å². The fraction of sp³-hybridized carbons (Fsp3) is 0.0741. The molecular weight excluding hydrogens is 438 g/mol. The Morgan fingerprint density at radius 1 is 0.812 bits per heavy atom. The lowest BCUT2D eigenvalue weighted by molar-refractivity contribution is 0.102. The number of ether oxygens (including phenoxy) is 1. The zero-order chi connectivity index (χ0) is 22.2. The monoisotopic (exact) mass is 459 g/mol. The lowest BCUT2D eigenvalue weighted by atomic mass is 10.2. The van der Waals surface area contributed by atoms with E-state index in [1.807, 2.05) is 66.7 Å². The van der Waals surface area contributed by atoms with Crippen molar-refractivity contribution in [1.29, 1.82) is 0 Å². The van der Waals surface area contributed by atoms with Crippen LogP contribution in [0.4, 0.5) is 5.69 Å². The molecular formula is C27H22ClNO2S. The van der Waals surface area contributed by atoms with Crippen molar-refractivity contribution in [3.05, 3.63) is 125 Å². The molecule has 1 N–H and O–H groups in total. The highest BCUT2D eigenvalue weighted by Gasteiger charge is 2.07. The molecule has 0 atom stereocenters. The molecule has 3 nitrogen and oxygen atoms in total. The Labute approximate surface area is 197 Å². The van der Waals surface area contributed by atoms with E-state index in [1.54, 1.807) is 36.0 Å². The van der Waals surface area contributed by atoms with Crippen molar-refractivity contribution in [1.82, 2.24) is 0 Å². The molecule has 0 fully saturated rings. The SMILES string of the molecule is O=C(Nc1ccc(CSc2ccccc2)cc1)c1ccc(OCc2ccccc2Cl)cc1. The molecule has 4 aromatic carbocycles. The van der Waals surface area contributed by atoms with E-state index in [0.717, 1.165) is 17.0 Å². The van der Waals surface area contributed by atoms with Gasteiger partial charge in [0.1, 0.15) is 12.4 Å². The van der Waals surface area contributed by atoms with E-state index in [9.17, 15) is 4.79 Å². The summed E-state index contributed by atoms with van der Waals surface area (Å²) < 4.78 is 5.78. The first kappa shape index (κ1) is 22.0. The van der Waals surface area contributed by atoms with Crippen molar-refractivity contribution in [2.75, 3.05) is 5.32 Å². The number of benzene rings is 4. The van der Waals surface area contributed by atoms with Crippen LogP contribution in [-0.4, -0.2) is 5.91 Å². The smallest absolute Gasteiger partial charge is 0.255 e. The first-order valence-electron chi connectivity index (χ1n) is 10.2. The third-order valence-corrected chi connectivity index (χ3v) is 6.28. The van der Waals surface area contributed by atoms with Crippen molar-refractivity contribution in [3.63, 3.8) is 0 Å². The third-order valence-electron chi connectivity index (χ3n) is 4.83. The molecule has 0 aliphatic heterocycles. The number of thioether (sulfide) groups is 1. The maximum absolute atomic E-state index is 12.6. The second-order valence-electron chi connectivity index (χ2n) is 7.16. The van der Waals surface area contributed by atoms with Crippen LogP contribution in [0.1, 0.15) is 21.5 Å². The molecule has 0 aliphatic carbocycles. The molecule has 0 aliphatic rings. The summed E-state index contributed by atoms with van der Waals surface area (Å²) in [5.41, 5.74) is 3.46. The number of hydrogen-bond acceptors (Lipinski definition) is 3. The number of carbonyl (C=O) groups is 1. The number of amides is 1. The fourth-order valence-corrected chi connectivity index (χ4v) is 4.12. The van der Waals surface area contributed by atoms with Crippen molar-refractivity contribution in [2.45, 2.75) is 17.3 Å². The van der Waals surface area contributed by atoms with Gasteiger partial charge in [-0.3, -0.25) is 4.79 Å². The molecule has 4 rings (SSSR count). The van der Waals surface area contributed by atoms with E-state index >= 15 is 0 Å². The Bertz CT molecular complexity index is 1160. The number of carbonyl (C=O) groups excluding carboxylic acids is 1. The fourth-order valence-electron chi connectivity index (χ4n) is 3.05. The van der Waals surface area contributed by atoms with Crippen molar-refractivity contribution >= 4 is 35.0 Å². The van der Waals surface area contributed by atoms with Gasteiger partial charge >= 0.3 is 0 Å². The zero-order valence-corrected chi connectivity index (χ0v) is 18.9. The number of rotatable bonds is 8. The van der Waals surface area contributed by atoms with Crippen molar-refractivity contribution < 1.29 is 9.53 Å². The van der Waals surface area contributed by atoms with Crippen LogP contribution in [0.3, 0.4) is 0 Å².